The highest BCUT2D eigenvalue weighted by molar-refractivity contribution is 5.88. The molecule has 70 heavy (non-hydrogen) atoms. The third-order valence-electron chi connectivity index (χ3n) is 13.2. The van der Waals surface area contributed by atoms with Crippen LogP contribution in [-0.2, 0) is 23.8 Å². The van der Waals surface area contributed by atoms with Crippen LogP contribution in [0.15, 0.2) is 104 Å². The third kappa shape index (κ3) is 10.8. The van der Waals surface area contributed by atoms with Gasteiger partial charge in [-0.25, -0.2) is 19.6 Å². The fourth-order valence-electron chi connectivity index (χ4n) is 9.56. The first-order valence-corrected chi connectivity index (χ1v) is 24.0. The second kappa shape index (κ2) is 22.2. The van der Waals surface area contributed by atoms with E-state index >= 15 is 0 Å². The highest BCUT2D eigenvalue weighted by atomic mass is 16.5. The van der Waals surface area contributed by atoms with Crippen LogP contribution < -0.4 is 15.4 Å². The number of amides is 4. The van der Waals surface area contributed by atoms with Gasteiger partial charge in [0.05, 0.1) is 74.2 Å². The standard InChI is InChI=1S/C52H58N10O8/c1-67-51(65)59-45(38-14-7-9-23-53-38)49(63)61-25-13-16-42(61)47-55-30-40(57-47)34-19-17-33(18-20-34)35-21-22-37-41-31-56-48(58-41)43-29-36(69-26-11-5-3-4-6-12-27-70-44(37)28-35)32-62(43)50(64)46(60-52(66)68-2)39-15-8-10-24-54-39/h7-10,14-15,17-24,28,30-31,36,42-43,45-46H,3-6,11-13,16,25-27,29,32H2,1-2H3,(H,55,57)(H,56,58)(H,59,65)(H,60,66)/t36-,42-,43-,45-,46-/m0/s1. The zero-order valence-electron chi connectivity index (χ0n) is 39.3. The van der Waals surface area contributed by atoms with Gasteiger partial charge in [-0.05, 0) is 78.8 Å². The molecule has 0 saturated carbocycles. The Morgan fingerprint density at radius 1 is 0.643 bits per heavy atom. The Morgan fingerprint density at radius 2 is 1.23 bits per heavy atom. The summed E-state index contributed by atoms with van der Waals surface area (Å²) in [5, 5.41) is 5.36. The molecule has 4 amide bonds. The summed E-state index contributed by atoms with van der Waals surface area (Å²) in [6, 6.07) is 21.9. The number of nitrogens with zero attached hydrogens (tertiary/aromatic N) is 6. The number of likely N-dealkylation sites (tertiary alicyclic amines) is 2. The number of H-pyrrole nitrogens is 2. The summed E-state index contributed by atoms with van der Waals surface area (Å²) in [4.78, 5) is 82.1. The zero-order chi connectivity index (χ0) is 48.4. The van der Waals surface area contributed by atoms with E-state index in [0.717, 1.165) is 78.6 Å². The smallest absolute Gasteiger partial charge is 0.407 e. The Balaban J connectivity index is 0.950. The molecule has 0 aliphatic carbocycles. The summed E-state index contributed by atoms with van der Waals surface area (Å²) in [6.07, 6.45) is 13.2. The van der Waals surface area contributed by atoms with Gasteiger partial charge in [0.15, 0.2) is 12.1 Å². The van der Waals surface area contributed by atoms with E-state index in [0.29, 0.717) is 67.9 Å². The van der Waals surface area contributed by atoms with E-state index in [1.165, 1.54) is 14.2 Å². The largest absolute Gasteiger partial charge is 0.493 e. The second-order valence-electron chi connectivity index (χ2n) is 17.7. The number of rotatable bonds is 9. The second-order valence-corrected chi connectivity index (χ2v) is 17.7. The van der Waals surface area contributed by atoms with Crippen LogP contribution in [0.1, 0.15) is 105 Å². The highest BCUT2D eigenvalue weighted by Crippen LogP contribution is 2.39. The lowest BCUT2D eigenvalue weighted by Crippen LogP contribution is -2.43. The van der Waals surface area contributed by atoms with Gasteiger partial charge in [-0.3, -0.25) is 19.6 Å². The molecule has 18 nitrogen and oxygen atoms in total. The summed E-state index contributed by atoms with van der Waals surface area (Å²) >= 11 is 0. The predicted octanol–water partition coefficient (Wildman–Crippen LogP) is 8.17. The van der Waals surface area contributed by atoms with Gasteiger partial charge in [0.25, 0.3) is 11.8 Å². The number of nitrogens with one attached hydrogen (secondary N) is 4. The average Bonchev–Trinajstić information content (AvgIpc) is 4.25. The summed E-state index contributed by atoms with van der Waals surface area (Å²) < 4.78 is 22.7. The van der Waals surface area contributed by atoms with Crippen molar-refractivity contribution in [2.45, 2.75) is 88.1 Å². The van der Waals surface area contributed by atoms with Gasteiger partial charge in [0, 0.05) is 44.1 Å². The maximum absolute atomic E-state index is 14.5. The van der Waals surface area contributed by atoms with Crippen LogP contribution in [0.25, 0.3) is 33.6 Å². The fraction of sp³-hybridized carbons (Fsp3) is 0.385. The normalized spacial score (nSPS) is 19.4. The van der Waals surface area contributed by atoms with Crippen molar-refractivity contribution < 1.29 is 38.1 Å². The summed E-state index contributed by atoms with van der Waals surface area (Å²) in [7, 11) is 2.52. The lowest BCUT2D eigenvalue weighted by molar-refractivity contribution is -0.135. The molecule has 4 bridgehead atoms. The van der Waals surface area contributed by atoms with Gasteiger partial charge in [-0.1, -0.05) is 68.1 Å². The van der Waals surface area contributed by atoms with Crippen LogP contribution in [0.3, 0.4) is 0 Å². The van der Waals surface area contributed by atoms with E-state index in [9.17, 15) is 19.2 Å². The number of pyridine rings is 2. The van der Waals surface area contributed by atoms with Crippen molar-refractivity contribution in [3.63, 3.8) is 0 Å². The summed E-state index contributed by atoms with van der Waals surface area (Å²) in [5.74, 6) is 1.33. The highest BCUT2D eigenvalue weighted by Gasteiger charge is 2.42. The molecule has 4 N–H and O–H groups in total. The summed E-state index contributed by atoms with van der Waals surface area (Å²) in [6.45, 7) is 1.97. The Hall–Kier alpha value is -7.60. The molecule has 7 heterocycles. The van der Waals surface area contributed by atoms with Crippen molar-refractivity contribution in [2.24, 2.45) is 0 Å². The topological polar surface area (TPSA) is 219 Å². The first-order valence-electron chi connectivity index (χ1n) is 24.0. The van der Waals surface area contributed by atoms with Gasteiger partial charge in [0.2, 0.25) is 0 Å². The van der Waals surface area contributed by atoms with Crippen molar-refractivity contribution in [3.05, 3.63) is 127 Å². The average molecular weight is 951 g/mol. The quantitative estimate of drug-likeness (QED) is 0.108. The van der Waals surface area contributed by atoms with Gasteiger partial charge >= 0.3 is 12.2 Å². The van der Waals surface area contributed by atoms with Gasteiger partial charge in [0.1, 0.15) is 17.4 Å². The number of fused-ring (bicyclic) bond motifs is 7. The maximum atomic E-state index is 14.5. The molecule has 6 aromatic rings. The Morgan fingerprint density at radius 3 is 1.89 bits per heavy atom. The van der Waals surface area contributed by atoms with Crippen LogP contribution in [0.2, 0.25) is 0 Å². The van der Waals surface area contributed by atoms with E-state index in [4.69, 9.17) is 28.9 Å². The molecular weight excluding hydrogens is 893 g/mol. The van der Waals surface area contributed by atoms with Crippen LogP contribution in [0, 0.1) is 0 Å². The van der Waals surface area contributed by atoms with E-state index < -0.39 is 30.3 Å². The Labute approximate surface area is 405 Å². The SMILES string of the molecule is COC(=O)N[C@H](C(=O)N1CCC[C@H]1c1ncc(-c2ccc(-c3ccc4c(c3)OCCCCCCCCO[C@H]3C[C@@H](c5ncc-4[nH]5)N(C(=O)[C@@H](NC(=O)OC)c4ccccn4)C3)cc2)[nH]1)c1ccccn1. The number of ether oxygens (including phenoxy) is 4. The number of hydrogen-bond donors (Lipinski definition) is 4. The number of alkyl carbamates (subject to hydrolysis) is 2. The Kier molecular flexibility index (Phi) is 15.1. The minimum absolute atomic E-state index is 0.230. The lowest BCUT2D eigenvalue weighted by Gasteiger charge is -2.28. The van der Waals surface area contributed by atoms with Crippen LogP contribution in [-0.4, -0.2) is 110 Å². The molecule has 0 spiro atoms. The molecule has 18 heteroatoms. The number of carbonyl (C=O) groups is 4. The molecule has 2 fully saturated rings. The monoisotopic (exact) mass is 950 g/mol. The number of methoxy groups -OCH3 is 2. The minimum atomic E-state index is -1.08. The van der Waals surface area contributed by atoms with Gasteiger partial charge < -0.3 is 49.3 Å². The van der Waals surface area contributed by atoms with Gasteiger partial charge in [-0.15, -0.1) is 0 Å². The van der Waals surface area contributed by atoms with Crippen LogP contribution in [0.5, 0.6) is 5.75 Å². The molecule has 3 aliphatic rings. The molecule has 4 aromatic heterocycles. The number of hydrogen-bond acceptors (Lipinski definition) is 12. The number of benzene rings is 2. The first kappa shape index (κ1) is 47.5. The number of imidazole rings is 2. The molecule has 3 aliphatic heterocycles. The molecule has 5 atom stereocenters. The molecule has 2 aromatic carbocycles. The van der Waals surface area contributed by atoms with Crippen molar-refractivity contribution in [2.75, 3.05) is 40.5 Å². The van der Waals surface area contributed by atoms with Crippen molar-refractivity contribution in [1.82, 2.24) is 50.3 Å². The maximum Gasteiger partial charge on any atom is 0.407 e. The van der Waals surface area contributed by atoms with Crippen molar-refractivity contribution in [1.29, 1.82) is 0 Å². The summed E-state index contributed by atoms with van der Waals surface area (Å²) in [5.41, 5.74) is 6.07. The molecule has 364 valence electrons. The van der Waals surface area contributed by atoms with E-state index in [1.807, 2.05) is 18.2 Å². The number of aromatic amines is 2. The molecule has 0 radical (unpaired) electrons. The van der Waals surface area contributed by atoms with E-state index in [2.05, 4.69) is 54.8 Å². The molecule has 0 unspecified atom stereocenters. The predicted molar refractivity (Wildman–Crippen MR) is 258 cm³/mol. The van der Waals surface area contributed by atoms with E-state index in [-0.39, 0.29) is 24.0 Å². The first-order chi connectivity index (χ1) is 34.3. The van der Waals surface area contributed by atoms with Crippen molar-refractivity contribution >= 4 is 24.0 Å². The number of aromatic nitrogens is 6. The fourth-order valence-corrected chi connectivity index (χ4v) is 9.56. The third-order valence-corrected chi connectivity index (χ3v) is 13.2. The van der Waals surface area contributed by atoms with Crippen LogP contribution >= 0.6 is 0 Å². The Bertz CT molecular complexity index is 2730. The van der Waals surface area contributed by atoms with Crippen molar-refractivity contribution in [3.8, 4) is 39.4 Å². The van der Waals surface area contributed by atoms with Gasteiger partial charge in [-0.2, -0.15) is 0 Å². The minimum Gasteiger partial charge on any atom is -0.493 e. The van der Waals surface area contributed by atoms with Crippen LogP contribution in [0.4, 0.5) is 9.59 Å². The molecule has 9 rings (SSSR count). The molecule has 2 saturated heterocycles. The molecular formula is C52H58N10O8. The zero-order valence-corrected chi connectivity index (χ0v) is 39.3. The number of carbonyl (C=O) groups excluding carboxylic acids is 4. The van der Waals surface area contributed by atoms with E-state index in [1.54, 1.807) is 71.0 Å². The lowest BCUT2D eigenvalue weighted by atomic mass is 10.00.